The van der Waals surface area contributed by atoms with Crippen LogP contribution in [-0.2, 0) is 4.79 Å². The van der Waals surface area contributed by atoms with Crippen LogP contribution in [0.25, 0.3) is 10.9 Å². The van der Waals surface area contributed by atoms with Gasteiger partial charge in [-0.25, -0.2) is 5.43 Å². The fourth-order valence-electron chi connectivity index (χ4n) is 2.96. The second-order valence-electron chi connectivity index (χ2n) is 6.63. The first-order valence-corrected chi connectivity index (χ1v) is 10.3. The summed E-state index contributed by atoms with van der Waals surface area (Å²) in [5, 5.41) is 8.00. The molecule has 0 fully saturated rings. The van der Waals surface area contributed by atoms with Gasteiger partial charge in [-0.15, -0.1) is 0 Å². The number of aromatic nitrogens is 1. The molecule has 6 nitrogen and oxygen atoms in total. The molecule has 3 N–H and O–H groups in total. The molecule has 3 aromatic rings. The number of halogens is 1. The Bertz CT molecular complexity index is 1010. The highest BCUT2D eigenvalue weighted by Gasteiger charge is 2.08. The molecular weight excluding hydrogens is 432 g/mol. The van der Waals surface area contributed by atoms with E-state index in [0.717, 1.165) is 40.2 Å². The molecule has 0 bridgehead atoms. The molecule has 0 atom stereocenters. The normalized spacial score (nSPS) is 11.1. The maximum absolute atomic E-state index is 12.1. The molecule has 2 aromatic carbocycles. The summed E-state index contributed by atoms with van der Waals surface area (Å²) in [4.78, 5) is 27.1. The smallest absolute Gasteiger partial charge is 0.252 e. The van der Waals surface area contributed by atoms with Crippen molar-refractivity contribution in [1.29, 1.82) is 0 Å². The minimum absolute atomic E-state index is 0.0955. The first-order chi connectivity index (χ1) is 14.1. The molecule has 0 unspecified atom stereocenters. The molecule has 29 heavy (non-hydrogen) atoms. The van der Waals surface area contributed by atoms with Crippen molar-refractivity contribution in [2.45, 2.75) is 25.7 Å². The number of nitrogens with zero attached hydrogens (tertiary/aromatic N) is 1. The van der Waals surface area contributed by atoms with Crippen LogP contribution >= 0.6 is 15.9 Å². The number of benzene rings is 2. The van der Waals surface area contributed by atoms with Crippen LogP contribution in [0, 0.1) is 0 Å². The summed E-state index contributed by atoms with van der Waals surface area (Å²) in [7, 11) is 0. The van der Waals surface area contributed by atoms with Crippen LogP contribution in [0.2, 0.25) is 0 Å². The Morgan fingerprint density at radius 3 is 2.69 bits per heavy atom. The second kappa shape index (κ2) is 10.6. The highest BCUT2D eigenvalue weighted by atomic mass is 79.9. The van der Waals surface area contributed by atoms with E-state index in [-0.39, 0.29) is 11.8 Å². The number of hydrogen-bond donors (Lipinski definition) is 3. The fourth-order valence-corrected chi connectivity index (χ4v) is 3.43. The summed E-state index contributed by atoms with van der Waals surface area (Å²) in [5.41, 5.74) is 5.16. The largest absolute Gasteiger partial charge is 0.361 e. The van der Waals surface area contributed by atoms with Crippen molar-refractivity contribution >= 4 is 44.9 Å². The van der Waals surface area contributed by atoms with Gasteiger partial charge >= 0.3 is 0 Å². The number of fused-ring (bicyclic) bond motifs is 1. The van der Waals surface area contributed by atoms with Crippen molar-refractivity contribution < 1.29 is 9.59 Å². The van der Waals surface area contributed by atoms with Crippen molar-refractivity contribution in [3.8, 4) is 0 Å². The van der Waals surface area contributed by atoms with Gasteiger partial charge in [-0.1, -0.05) is 36.8 Å². The molecule has 3 rings (SSSR count). The number of hydrogen-bond acceptors (Lipinski definition) is 3. The number of carbonyl (C=O) groups excluding carboxylic acids is 2. The molecule has 1 heterocycles. The molecule has 0 spiro atoms. The average Bonchev–Trinajstić information content (AvgIpc) is 3.14. The topological polar surface area (TPSA) is 86.3 Å². The first-order valence-electron chi connectivity index (χ1n) is 9.56. The predicted octanol–water partition coefficient (Wildman–Crippen LogP) is 4.37. The molecular formula is C22H23BrN4O2. The lowest BCUT2D eigenvalue weighted by atomic mass is 10.2. The minimum atomic E-state index is -0.113. The zero-order valence-electron chi connectivity index (χ0n) is 16.0. The van der Waals surface area contributed by atoms with Crippen molar-refractivity contribution in [2.75, 3.05) is 6.54 Å². The van der Waals surface area contributed by atoms with E-state index >= 15 is 0 Å². The summed E-state index contributed by atoms with van der Waals surface area (Å²) in [6, 6.07) is 15.3. The Balaban J connectivity index is 1.30. The third-order valence-corrected chi connectivity index (χ3v) is 5.19. The van der Waals surface area contributed by atoms with Crippen LogP contribution in [0.15, 0.2) is 64.3 Å². The SMILES string of the molecule is O=C(CCCCCNC(=O)c1ccccc1Br)N/N=C\c1c[nH]c2ccccc12. The van der Waals surface area contributed by atoms with E-state index in [1.165, 1.54) is 0 Å². The Labute approximate surface area is 177 Å². The number of amides is 2. The number of aromatic amines is 1. The standard InChI is InChI=1S/C22H23BrN4O2/c23-19-10-5-3-9-18(19)22(29)24-13-7-1-2-12-21(28)27-26-15-16-14-25-20-11-6-4-8-17(16)20/h3-6,8-11,14-15,25H,1-2,7,12-13H2,(H,24,29)(H,27,28)/b26-15-. The van der Waals surface area contributed by atoms with Crippen molar-refractivity contribution in [2.24, 2.45) is 5.10 Å². The van der Waals surface area contributed by atoms with Gasteiger partial charge in [0.2, 0.25) is 5.91 Å². The first kappa shape index (κ1) is 20.8. The van der Waals surface area contributed by atoms with Crippen LogP contribution in [0.4, 0.5) is 0 Å². The zero-order valence-corrected chi connectivity index (χ0v) is 17.5. The van der Waals surface area contributed by atoms with Gasteiger partial charge in [0.15, 0.2) is 0 Å². The van der Waals surface area contributed by atoms with E-state index in [9.17, 15) is 9.59 Å². The highest BCUT2D eigenvalue weighted by molar-refractivity contribution is 9.10. The molecule has 150 valence electrons. The third kappa shape index (κ3) is 6.02. The van der Waals surface area contributed by atoms with Gasteiger partial charge in [-0.3, -0.25) is 9.59 Å². The lowest BCUT2D eigenvalue weighted by Gasteiger charge is -2.06. The van der Waals surface area contributed by atoms with Crippen LogP contribution in [0.1, 0.15) is 41.6 Å². The summed E-state index contributed by atoms with van der Waals surface area (Å²) in [5.74, 6) is -0.208. The van der Waals surface area contributed by atoms with Gasteiger partial charge < -0.3 is 10.3 Å². The van der Waals surface area contributed by atoms with Crippen molar-refractivity contribution in [1.82, 2.24) is 15.7 Å². The van der Waals surface area contributed by atoms with E-state index in [4.69, 9.17) is 0 Å². The molecule has 1 aromatic heterocycles. The number of unbranched alkanes of at least 4 members (excludes halogenated alkanes) is 2. The Morgan fingerprint density at radius 1 is 1.03 bits per heavy atom. The number of hydrazone groups is 1. The molecule has 0 saturated heterocycles. The monoisotopic (exact) mass is 454 g/mol. The van der Waals surface area contributed by atoms with Gasteiger partial charge in [0, 0.05) is 40.1 Å². The van der Waals surface area contributed by atoms with Crippen molar-refractivity contribution in [3.63, 3.8) is 0 Å². The van der Waals surface area contributed by atoms with E-state index in [1.54, 1.807) is 12.3 Å². The van der Waals surface area contributed by atoms with Gasteiger partial charge in [-0.2, -0.15) is 5.10 Å². The van der Waals surface area contributed by atoms with E-state index in [0.29, 0.717) is 18.5 Å². The van der Waals surface area contributed by atoms with Gasteiger partial charge in [0.05, 0.1) is 11.8 Å². The molecule has 0 aliphatic rings. The minimum Gasteiger partial charge on any atom is -0.361 e. The summed E-state index contributed by atoms with van der Waals surface area (Å²) < 4.78 is 0.780. The Kier molecular flexibility index (Phi) is 7.58. The molecule has 0 radical (unpaired) electrons. The van der Waals surface area contributed by atoms with E-state index in [1.807, 2.05) is 48.7 Å². The summed E-state index contributed by atoms with van der Waals surface area (Å²) in [6.45, 7) is 0.584. The quantitative estimate of drug-likeness (QED) is 0.254. The molecule has 0 aliphatic heterocycles. The maximum atomic E-state index is 12.1. The Hall–Kier alpha value is -2.93. The average molecular weight is 455 g/mol. The Morgan fingerprint density at radius 2 is 1.83 bits per heavy atom. The molecule has 2 amide bonds. The van der Waals surface area contributed by atoms with Gasteiger partial charge in [0.1, 0.15) is 0 Å². The van der Waals surface area contributed by atoms with Crippen LogP contribution < -0.4 is 10.7 Å². The molecule has 7 heteroatoms. The van der Waals surface area contributed by atoms with Crippen LogP contribution in [-0.4, -0.2) is 29.6 Å². The van der Waals surface area contributed by atoms with Crippen molar-refractivity contribution in [3.05, 3.63) is 70.3 Å². The lowest BCUT2D eigenvalue weighted by Crippen LogP contribution is -2.24. The summed E-state index contributed by atoms with van der Waals surface area (Å²) >= 11 is 3.37. The predicted molar refractivity (Wildman–Crippen MR) is 119 cm³/mol. The maximum Gasteiger partial charge on any atom is 0.252 e. The van der Waals surface area contributed by atoms with Crippen LogP contribution in [0.3, 0.4) is 0 Å². The molecule has 0 saturated carbocycles. The number of nitrogens with one attached hydrogen (secondary N) is 3. The lowest BCUT2D eigenvalue weighted by molar-refractivity contribution is -0.121. The van der Waals surface area contributed by atoms with Gasteiger partial charge in [0.25, 0.3) is 5.91 Å². The number of para-hydroxylation sites is 1. The molecule has 0 aliphatic carbocycles. The number of rotatable bonds is 9. The second-order valence-corrected chi connectivity index (χ2v) is 7.48. The van der Waals surface area contributed by atoms with E-state index < -0.39 is 0 Å². The zero-order chi connectivity index (χ0) is 20.5. The van der Waals surface area contributed by atoms with Crippen LogP contribution in [0.5, 0.6) is 0 Å². The summed E-state index contributed by atoms with van der Waals surface area (Å²) in [6.07, 6.45) is 6.34. The number of carbonyl (C=O) groups is 2. The number of H-pyrrole nitrogens is 1. The van der Waals surface area contributed by atoms with Gasteiger partial charge in [-0.05, 0) is 47.0 Å². The third-order valence-electron chi connectivity index (χ3n) is 4.50. The fraction of sp³-hybridized carbons (Fsp3) is 0.227. The van der Waals surface area contributed by atoms with E-state index in [2.05, 4.69) is 36.8 Å². The highest BCUT2D eigenvalue weighted by Crippen LogP contribution is 2.16.